The molecule has 0 aromatic heterocycles. The van der Waals surface area contributed by atoms with Crippen molar-refractivity contribution in [1.29, 1.82) is 0 Å². The molecule has 0 bridgehead atoms. The van der Waals surface area contributed by atoms with Crippen LogP contribution in [0.25, 0.3) is 0 Å². The van der Waals surface area contributed by atoms with E-state index in [0.29, 0.717) is 6.54 Å². The Morgan fingerprint density at radius 3 is 2.94 bits per heavy atom. The van der Waals surface area contributed by atoms with Gasteiger partial charge in [0.25, 0.3) is 5.91 Å². The van der Waals surface area contributed by atoms with Gasteiger partial charge < -0.3 is 15.1 Å². The molecule has 1 aliphatic heterocycles. The molecule has 1 aromatic carbocycles. The third kappa shape index (κ3) is 2.37. The molecule has 98 valence electrons. The van der Waals surface area contributed by atoms with Crippen molar-refractivity contribution in [2.45, 2.75) is 19.4 Å². The highest BCUT2D eigenvalue weighted by Gasteiger charge is 2.35. The summed E-state index contributed by atoms with van der Waals surface area (Å²) in [6.45, 7) is 2.60. The minimum Gasteiger partial charge on any atom is -0.507 e. The van der Waals surface area contributed by atoms with Crippen molar-refractivity contribution in [3.63, 3.8) is 0 Å². The van der Waals surface area contributed by atoms with Crippen LogP contribution in [0.3, 0.4) is 0 Å². The second kappa shape index (κ2) is 5.28. The number of rotatable bonds is 2. The zero-order valence-electron chi connectivity index (χ0n) is 10.1. The SMILES string of the molecule is CC1CCN(C(=O)c2cc(Br)ccc2O)C1CO. The van der Waals surface area contributed by atoms with Gasteiger partial charge in [-0.1, -0.05) is 22.9 Å². The smallest absolute Gasteiger partial charge is 0.257 e. The van der Waals surface area contributed by atoms with Crippen LogP contribution in [-0.2, 0) is 0 Å². The predicted molar refractivity (Wildman–Crippen MR) is 71.5 cm³/mol. The Kier molecular flexibility index (Phi) is 3.92. The molecule has 0 radical (unpaired) electrons. The third-order valence-electron chi connectivity index (χ3n) is 3.52. The highest BCUT2D eigenvalue weighted by Crippen LogP contribution is 2.29. The molecule has 0 saturated carbocycles. The summed E-state index contributed by atoms with van der Waals surface area (Å²) in [6, 6.07) is 4.62. The lowest BCUT2D eigenvalue weighted by Gasteiger charge is -2.25. The van der Waals surface area contributed by atoms with Crippen LogP contribution in [0.5, 0.6) is 5.75 Å². The molecule has 1 fully saturated rings. The molecule has 1 heterocycles. The topological polar surface area (TPSA) is 60.8 Å². The Morgan fingerprint density at radius 2 is 2.28 bits per heavy atom. The number of benzene rings is 1. The summed E-state index contributed by atoms with van der Waals surface area (Å²) in [7, 11) is 0. The van der Waals surface area contributed by atoms with Gasteiger partial charge in [0, 0.05) is 11.0 Å². The van der Waals surface area contributed by atoms with Crippen LogP contribution in [0.15, 0.2) is 22.7 Å². The highest BCUT2D eigenvalue weighted by atomic mass is 79.9. The summed E-state index contributed by atoms with van der Waals surface area (Å²) in [6.07, 6.45) is 0.881. The minimum absolute atomic E-state index is 0.0283. The molecule has 2 unspecified atom stereocenters. The van der Waals surface area contributed by atoms with Crippen LogP contribution in [0.1, 0.15) is 23.7 Å². The Balaban J connectivity index is 2.28. The molecular formula is C13H16BrNO3. The molecule has 1 aliphatic rings. The number of aliphatic hydroxyl groups is 1. The lowest BCUT2D eigenvalue weighted by atomic mass is 10.0. The summed E-state index contributed by atoms with van der Waals surface area (Å²) in [5.74, 6) is 0.0323. The number of amides is 1. The average Bonchev–Trinajstić information content (AvgIpc) is 2.72. The van der Waals surface area contributed by atoms with Gasteiger partial charge in [0.15, 0.2) is 0 Å². The van der Waals surface area contributed by atoms with Crippen molar-refractivity contribution in [3.8, 4) is 5.75 Å². The Hall–Kier alpha value is -1.07. The van der Waals surface area contributed by atoms with E-state index in [4.69, 9.17) is 0 Å². The van der Waals surface area contributed by atoms with E-state index in [9.17, 15) is 15.0 Å². The van der Waals surface area contributed by atoms with Crippen molar-refractivity contribution in [1.82, 2.24) is 4.90 Å². The van der Waals surface area contributed by atoms with Crippen LogP contribution in [-0.4, -0.2) is 40.2 Å². The van der Waals surface area contributed by atoms with Gasteiger partial charge >= 0.3 is 0 Å². The maximum atomic E-state index is 12.4. The van der Waals surface area contributed by atoms with Crippen molar-refractivity contribution in [2.75, 3.05) is 13.2 Å². The molecule has 2 rings (SSSR count). The van der Waals surface area contributed by atoms with Gasteiger partial charge in [-0.3, -0.25) is 4.79 Å². The third-order valence-corrected chi connectivity index (χ3v) is 4.01. The van der Waals surface area contributed by atoms with Gasteiger partial charge in [0.05, 0.1) is 18.2 Å². The van der Waals surface area contributed by atoms with Crippen LogP contribution in [0.4, 0.5) is 0 Å². The van der Waals surface area contributed by atoms with Crippen LogP contribution in [0, 0.1) is 5.92 Å². The van der Waals surface area contributed by atoms with Gasteiger partial charge in [-0.15, -0.1) is 0 Å². The fourth-order valence-electron chi connectivity index (χ4n) is 2.37. The lowest BCUT2D eigenvalue weighted by Crippen LogP contribution is -2.39. The summed E-state index contributed by atoms with van der Waals surface area (Å²) >= 11 is 3.29. The highest BCUT2D eigenvalue weighted by molar-refractivity contribution is 9.10. The zero-order valence-corrected chi connectivity index (χ0v) is 11.7. The number of nitrogens with zero attached hydrogens (tertiary/aromatic N) is 1. The summed E-state index contributed by atoms with van der Waals surface area (Å²) < 4.78 is 0.747. The number of hydrogen-bond donors (Lipinski definition) is 2. The van der Waals surface area contributed by atoms with Gasteiger partial charge in [0.2, 0.25) is 0 Å². The van der Waals surface area contributed by atoms with E-state index in [1.54, 1.807) is 17.0 Å². The number of likely N-dealkylation sites (tertiary alicyclic amines) is 1. The standard InChI is InChI=1S/C13H16BrNO3/c1-8-4-5-15(11(8)7-16)13(18)10-6-9(14)2-3-12(10)17/h2-3,6,8,11,16-17H,4-5,7H2,1H3. The average molecular weight is 314 g/mol. The molecule has 0 aliphatic carbocycles. The molecule has 1 saturated heterocycles. The van der Waals surface area contributed by atoms with Gasteiger partial charge in [-0.2, -0.15) is 0 Å². The van der Waals surface area contributed by atoms with Gasteiger partial charge in [-0.25, -0.2) is 0 Å². The second-order valence-electron chi connectivity index (χ2n) is 4.68. The fourth-order valence-corrected chi connectivity index (χ4v) is 2.73. The molecule has 0 spiro atoms. The van der Waals surface area contributed by atoms with E-state index in [2.05, 4.69) is 15.9 Å². The Labute approximate surface area is 114 Å². The molecule has 1 amide bonds. The van der Waals surface area contributed by atoms with E-state index in [1.807, 2.05) is 6.92 Å². The number of phenols is 1. The first-order chi connectivity index (χ1) is 8.54. The first kappa shape index (κ1) is 13.4. The van der Waals surface area contributed by atoms with E-state index >= 15 is 0 Å². The van der Waals surface area contributed by atoms with E-state index in [-0.39, 0.29) is 35.8 Å². The maximum absolute atomic E-state index is 12.4. The van der Waals surface area contributed by atoms with Crippen molar-refractivity contribution in [3.05, 3.63) is 28.2 Å². The van der Waals surface area contributed by atoms with Gasteiger partial charge in [0.1, 0.15) is 5.75 Å². The summed E-state index contributed by atoms with van der Waals surface area (Å²) in [4.78, 5) is 14.0. The number of aliphatic hydroxyl groups excluding tert-OH is 1. The fraction of sp³-hybridized carbons (Fsp3) is 0.462. The second-order valence-corrected chi connectivity index (χ2v) is 5.59. The quantitative estimate of drug-likeness (QED) is 0.878. The molecule has 2 atom stereocenters. The van der Waals surface area contributed by atoms with E-state index in [1.165, 1.54) is 6.07 Å². The van der Waals surface area contributed by atoms with Crippen molar-refractivity contribution >= 4 is 21.8 Å². The number of carbonyl (C=O) groups is 1. The first-order valence-electron chi connectivity index (χ1n) is 5.95. The van der Waals surface area contributed by atoms with Crippen LogP contribution < -0.4 is 0 Å². The number of phenolic OH excluding ortho intramolecular Hbond substituents is 1. The molecular weight excluding hydrogens is 298 g/mol. The number of halogens is 1. The molecule has 18 heavy (non-hydrogen) atoms. The summed E-state index contributed by atoms with van der Waals surface area (Å²) in [5, 5.41) is 19.1. The number of hydrogen-bond acceptors (Lipinski definition) is 3. The lowest BCUT2D eigenvalue weighted by molar-refractivity contribution is 0.0645. The molecule has 2 N–H and O–H groups in total. The van der Waals surface area contributed by atoms with Crippen molar-refractivity contribution in [2.24, 2.45) is 5.92 Å². The molecule has 1 aromatic rings. The van der Waals surface area contributed by atoms with Crippen LogP contribution >= 0.6 is 15.9 Å². The molecule has 4 nitrogen and oxygen atoms in total. The first-order valence-corrected chi connectivity index (χ1v) is 6.74. The minimum atomic E-state index is -0.225. The van der Waals surface area contributed by atoms with E-state index in [0.717, 1.165) is 10.9 Å². The van der Waals surface area contributed by atoms with Gasteiger partial charge in [-0.05, 0) is 30.5 Å². The monoisotopic (exact) mass is 313 g/mol. The predicted octanol–water partition coefficient (Wildman–Crippen LogP) is 2.00. The van der Waals surface area contributed by atoms with Crippen molar-refractivity contribution < 1.29 is 15.0 Å². The zero-order chi connectivity index (χ0) is 13.3. The Morgan fingerprint density at radius 1 is 1.56 bits per heavy atom. The molecule has 5 heteroatoms. The largest absolute Gasteiger partial charge is 0.507 e. The van der Waals surface area contributed by atoms with E-state index < -0.39 is 0 Å². The number of aromatic hydroxyl groups is 1. The van der Waals surface area contributed by atoms with Crippen LogP contribution in [0.2, 0.25) is 0 Å². The Bertz CT molecular complexity index is 464. The summed E-state index contributed by atoms with van der Waals surface area (Å²) in [5.41, 5.74) is 0.275. The normalized spacial score (nSPS) is 23.4. The maximum Gasteiger partial charge on any atom is 0.257 e. The number of carbonyl (C=O) groups excluding carboxylic acids is 1.